The Hall–Kier alpha value is -1.56. The van der Waals surface area contributed by atoms with Gasteiger partial charge in [-0.15, -0.1) is 0 Å². The van der Waals surface area contributed by atoms with Gasteiger partial charge >= 0.3 is 6.09 Å². The molecule has 1 amide bonds. The van der Waals surface area contributed by atoms with Crippen molar-refractivity contribution in [3.05, 3.63) is 22.9 Å². The van der Waals surface area contributed by atoms with Crippen LogP contribution in [-0.2, 0) is 4.74 Å². The topological polar surface area (TPSA) is 67.0 Å². The van der Waals surface area contributed by atoms with Crippen molar-refractivity contribution in [2.45, 2.75) is 26.4 Å². The highest BCUT2D eigenvalue weighted by molar-refractivity contribution is 9.10. The smallest absolute Gasteiger partial charge is 0.413 e. The molecule has 0 spiro atoms. The molecule has 2 rings (SSSR count). The predicted molar refractivity (Wildman–Crippen MR) is 73.7 cm³/mol. The fourth-order valence-electron chi connectivity index (χ4n) is 1.51. The molecule has 0 saturated carbocycles. The summed E-state index contributed by atoms with van der Waals surface area (Å²) in [7, 11) is 0. The number of fused-ring (bicyclic) bond motifs is 1. The second-order valence-electron chi connectivity index (χ2n) is 4.85. The van der Waals surface area contributed by atoms with E-state index >= 15 is 0 Å². The van der Waals surface area contributed by atoms with E-state index in [1.807, 2.05) is 26.8 Å². The highest BCUT2D eigenvalue weighted by Crippen LogP contribution is 2.27. The first-order valence-corrected chi connectivity index (χ1v) is 6.28. The number of carbonyl (C=O) groups is 1. The number of H-pyrrole nitrogens is 1. The minimum absolute atomic E-state index is 0.451. The average Bonchev–Trinajstić information content (AvgIpc) is 2.69. The van der Waals surface area contributed by atoms with E-state index in [1.54, 1.807) is 12.4 Å². The van der Waals surface area contributed by atoms with Crippen LogP contribution in [-0.4, -0.2) is 21.7 Å². The van der Waals surface area contributed by atoms with Crippen LogP contribution in [0.25, 0.3) is 10.9 Å². The van der Waals surface area contributed by atoms with Crippen LogP contribution in [0.1, 0.15) is 20.8 Å². The maximum Gasteiger partial charge on any atom is 0.413 e. The van der Waals surface area contributed by atoms with Crippen molar-refractivity contribution >= 4 is 38.7 Å². The molecule has 0 unspecified atom stereocenters. The molecule has 0 radical (unpaired) electrons. The molecule has 2 aromatic heterocycles. The zero-order chi connectivity index (χ0) is 13.3. The average molecular weight is 312 g/mol. The normalized spacial score (nSPS) is 11.6. The Morgan fingerprint density at radius 2 is 2.22 bits per heavy atom. The van der Waals surface area contributed by atoms with Crippen LogP contribution < -0.4 is 5.32 Å². The van der Waals surface area contributed by atoms with Gasteiger partial charge in [0.2, 0.25) is 0 Å². The molecule has 0 aliphatic rings. The number of aromatic nitrogens is 2. The summed E-state index contributed by atoms with van der Waals surface area (Å²) in [6.45, 7) is 5.43. The van der Waals surface area contributed by atoms with Crippen molar-refractivity contribution in [1.29, 1.82) is 0 Å². The van der Waals surface area contributed by atoms with Gasteiger partial charge in [0.1, 0.15) is 5.60 Å². The van der Waals surface area contributed by atoms with Crippen LogP contribution in [0.5, 0.6) is 0 Å². The standard InChI is InChI=1S/C12H14BrN3O2/c1-12(2,3)18-11(17)16-10-9-7(4-5-14-9)8(13)6-15-10/h4-6,14H,1-3H3,(H,15,16,17). The van der Waals surface area contributed by atoms with E-state index in [4.69, 9.17) is 4.74 Å². The fraction of sp³-hybridized carbons (Fsp3) is 0.333. The van der Waals surface area contributed by atoms with E-state index in [0.29, 0.717) is 5.82 Å². The number of ether oxygens (including phenoxy) is 1. The van der Waals surface area contributed by atoms with Crippen molar-refractivity contribution in [2.75, 3.05) is 5.32 Å². The number of nitrogens with one attached hydrogen (secondary N) is 2. The number of hydrogen-bond acceptors (Lipinski definition) is 3. The lowest BCUT2D eigenvalue weighted by Gasteiger charge is -2.19. The molecule has 2 N–H and O–H groups in total. The summed E-state index contributed by atoms with van der Waals surface area (Å²) < 4.78 is 6.05. The molecule has 2 heterocycles. The van der Waals surface area contributed by atoms with Gasteiger partial charge in [-0.05, 0) is 42.8 Å². The Bertz CT molecular complexity index is 587. The molecular weight excluding hydrogens is 298 g/mol. The van der Waals surface area contributed by atoms with Crippen molar-refractivity contribution < 1.29 is 9.53 Å². The van der Waals surface area contributed by atoms with E-state index in [2.05, 4.69) is 31.2 Å². The first-order chi connectivity index (χ1) is 8.37. The van der Waals surface area contributed by atoms with Gasteiger partial charge in [-0.2, -0.15) is 0 Å². The molecule has 18 heavy (non-hydrogen) atoms. The quantitative estimate of drug-likeness (QED) is 0.844. The third kappa shape index (κ3) is 2.81. The minimum Gasteiger partial charge on any atom is -0.444 e. The van der Waals surface area contributed by atoms with Crippen LogP contribution in [0.15, 0.2) is 22.9 Å². The molecule has 5 nitrogen and oxygen atoms in total. The summed E-state index contributed by atoms with van der Waals surface area (Å²) in [5.74, 6) is 0.451. The lowest BCUT2D eigenvalue weighted by Crippen LogP contribution is -2.27. The molecule has 0 aliphatic heterocycles. The highest BCUT2D eigenvalue weighted by atomic mass is 79.9. The van der Waals surface area contributed by atoms with Crippen LogP contribution in [0.2, 0.25) is 0 Å². The molecular formula is C12H14BrN3O2. The molecule has 0 bridgehead atoms. The van der Waals surface area contributed by atoms with Gasteiger partial charge in [-0.1, -0.05) is 0 Å². The second-order valence-corrected chi connectivity index (χ2v) is 5.70. The minimum atomic E-state index is -0.533. The van der Waals surface area contributed by atoms with Gasteiger partial charge in [0.05, 0.1) is 5.52 Å². The van der Waals surface area contributed by atoms with Crippen molar-refractivity contribution in [2.24, 2.45) is 0 Å². The lowest BCUT2D eigenvalue weighted by atomic mass is 10.2. The summed E-state index contributed by atoms with van der Waals surface area (Å²) >= 11 is 3.40. The SMILES string of the molecule is CC(C)(C)OC(=O)Nc1ncc(Br)c2cc[nH]c12. The zero-order valence-corrected chi connectivity index (χ0v) is 12.0. The number of pyridine rings is 1. The van der Waals surface area contributed by atoms with Crippen molar-refractivity contribution in [1.82, 2.24) is 9.97 Å². The van der Waals surface area contributed by atoms with E-state index in [-0.39, 0.29) is 0 Å². The summed E-state index contributed by atoms with van der Waals surface area (Å²) in [5, 5.41) is 3.59. The predicted octanol–water partition coefficient (Wildman–Crippen LogP) is 3.67. The largest absolute Gasteiger partial charge is 0.444 e. The van der Waals surface area contributed by atoms with E-state index in [9.17, 15) is 4.79 Å². The molecule has 0 aliphatic carbocycles. The summed E-state index contributed by atoms with van der Waals surface area (Å²) in [5.41, 5.74) is 0.226. The Morgan fingerprint density at radius 3 is 2.89 bits per heavy atom. The molecule has 2 aromatic rings. The lowest BCUT2D eigenvalue weighted by molar-refractivity contribution is 0.0635. The number of nitrogens with zero attached hydrogens (tertiary/aromatic N) is 1. The number of aromatic amines is 1. The van der Waals surface area contributed by atoms with Crippen LogP contribution in [0.3, 0.4) is 0 Å². The second kappa shape index (κ2) is 4.61. The van der Waals surface area contributed by atoms with E-state index in [1.165, 1.54) is 0 Å². The zero-order valence-electron chi connectivity index (χ0n) is 10.4. The Kier molecular flexibility index (Phi) is 3.30. The Balaban J connectivity index is 2.25. The summed E-state index contributed by atoms with van der Waals surface area (Å²) in [6.07, 6.45) is 2.91. The molecule has 96 valence electrons. The molecule has 0 fully saturated rings. The third-order valence-corrected chi connectivity index (χ3v) is 2.80. The van der Waals surface area contributed by atoms with Gasteiger partial charge in [0.15, 0.2) is 5.82 Å². The summed E-state index contributed by atoms with van der Waals surface area (Å²) in [4.78, 5) is 18.9. The van der Waals surface area contributed by atoms with E-state index < -0.39 is 11.7 Å². The van der Waals surface area contributed by atoms with Gasteiger partial charge in [0, 0.05) is 22.3 Å². The number of carbonyl (C=O) groups excluding carboxylic acids is 1. The first-order valence-electron chi connectivity index (χ1n) is 5.48. The van der Waals surface area contributed by atoms with Gasteiger partial charge in [-0.3, -0.25) is 5.32 Å². The molecule has 0 saturated heterocycles. The van der Waals surface area contributed by atoms with Crippen molar-refractivity contribution in [3.8, 4) is 0 Å². The highest BCUT2D eigenvalue weighted by Gasteiger charge is 2.18. The van der Waals surface area contributed by atoms with Gasteiger partial charge in [-0.25, -0.2) is 9.78 Å². The van der Waals surface area contributed by atoms with Gasteiger partial charge in [0.25, 0.3) is 0 Å². The number of halogens is 1. The molecule has 0 atom stereocenters. The molecule has 6 heteroatoms. The maximum atomic E-state index is 11.7. The molecule has 0 aromatic carbocycles. The van der Waals surface area contributed by atoms with E-state index in [0.717, 1.165) is 15.4 Å². The first kappa shape index (κ1) is 12.9. The number of hydrogen-bond donors (Lipinski definition) is 2. The monoisotopic (exact) mass is 311 g/mol. The fourth-order valence-corrected chi connectivity index (χ4v) is 1.95. The summed E-state index contributed by atoms with van der Waals surface area (Å²) in [6, 6.07) is 1.90. The maximum absolute atomic E-state index is 11.7. The Morgan fingerprint density at radius 1 is 1.50 bits per heavy atom. The number of amides is 1. The number of anilines is 1. The Labute approximate surface area is 113 Å². The number of rotatable bonds is 1. The van der Waals surface area contributed by atoms with Crippen LogP contribution >= 0.6 is 15.9 Å². The van der Waals surface area contributed by atoms with Crippen LogP contribution in [0.4, 0.5) is 10.6 Å². The third-order valence-electron chi connectivity index (χ3n) is 2.17. The van der Waals surface area contributed by atoms with Gasteiger partial charge < -0.3 is 9.72 Å². The van der Waals surface area contributed by atoms with Crippen molar-refractivity contribution in [3.63, 3.8) is 0 Å². The van der Waals surface area contributed by atoms with Crippen LogP contribution in [0, 0.1) is 0 Å².